The first-order chi connectivity index (χ1) is 32.2. The van der Waals surface area contributed by atoms with Gasteiger partial charge in [0.15, 0.2) is 17.5 Å². The van der Waals surface area contributed by atoms with E-state index >= 15 is 0 Å². The topological polar surface area (TPSA) is 61.7 Å². The Kier molecular flexibility index (Phi) is 7.59. The standard InChI is InChI=1S/C59H35N5O/c1-3-15-36(16-4-1)57-60-58(39-27-29-45-42-21-11-13-25-50(42)63(52(45)33-39)41-19-5-2-6-20-41)62-59(61-57)40-28-30-46-49-35-54(43-22-9-10-24-47(43)56(49)65-55(46)34-40)64-51-26-14-12-23-44(51)48-31-37-17-7-8-18-38(37)32-53(48)64/h1-35H. The maximum absolute atomic E-state index is 6.91. The summed E-state index contributed by atoms with van der Waals surface area (Å²) in [5.41, 5.74) is 11.1. The zero-order chi connectivity index (χ0) is 42.6. The third-order valence-corrected chi connectivity index (χ3v) is 13.1. The summed E-state index contributed by atoms with van der Waals surface area (Å²) >= 11 is 0. The smallest absolute Gasteiger partial charge is 0.164 e. The number of benzene rings is 10. The molecule has 10 aromatic carbocycles. The summed E-state index contributed by atoms with van der Waals surface area (Å²) in [6, 6.07) is 75.0. The highest BCUT2D eigenvalue weighted by Gasteiger charge is 2.21. The molecule has 14 aromatic rings. The molecule has 0 aliphatic heterocycles. The molecule has 6 heteroatoms. The zero-order valence-electron chi connectivity index (χ0n) is 34.9. The van der Waals surface area contributed by atoms with Gasteiger partial charge in [-0.3, -0.25) is 0 Å². The molecule has 0 bridgehead atoms. The second-order valence-electron chi connectivity index (χ2n) is 16.8. The van der Waals surface area contributed by atoms with Gasteiger partial charge in [-0.1, -0.05) is 152 Å². The van der Waals surface area contributed by atoms with E-state index < -0.39 is 0 Å². The third-order valence-electron chi connectivity index (χ3n) is 13.1. The molecule has 65 heavy (non-hydrogen) atoms. The average Bonchev–Trinajstić information content (AvgIpc) is 4.02. The Bertz CT molecular complexity index is 4240. The van der Waals surface area contributed by atoms with Gasteiger partial charge in [-0.25, -0.2) is 15.0 Å². The van der Waals surface area contributed by atoms with Gasteiger partial charge in [0.05, 0.1) is 27.8 Å². The number of hydrogen-bond donors (Lipinski definition) is 0. The first-order valence-corrected chi connectivity index (χ1v) is 21.9. The first kappa shape index (κ1) is 35.7. The van der Waals surface area contributed by atoms with Gasteiger partial charge in [0.2, 0.25) is 0 Å². The van der Waals surface area contributed by atoms with Crippen LogP contribution in [0, 0.1) is 0 Å². The molecule has 0 spiro atoms. The van der Waals surface area contributed by atoms with E-state index in [4.69, 9.17) is 19.4 Å². The largest absolute Gasteiger partial charge is 0.455 e. The molecule has 4 aromatic heterocycles. The van der Waals surface area contributed by atoms with Gasteiger partial charge >= 0.3 is 0 Å². The van der Waals surface area contributed by atoms with E-state index in [1.165, 1.54) is 37.8 Å². The van der Waals surface area contributed by atoms with Crippen molar-refractivity contribution in [2.24, 2.45) is 0 Å². The second kappa shape index (κ2) is 13.8. The van der Waals surface area contributed by atoms with Crippen molar-refractivity contribution in [3.8, 4) is 45.5 Å². The molecule has 0 aliphatic rings. The SMILES string of the molecule is c1ccc(-c2nc(-c3ccc4c(c3)oc3c5ccccc5c(-n5c6ccccc6c6cc7ccccc7cc65)cc43)nc(-c3ccc4c5ccccc5n(-c5ccccc5)c4c3)n2)cc1. The summed E-state index contributed by atoms with van der Waals surface area (Å²) in [7, 11) is 0. The Morgan fingerprint density at radius 3 is 1.57 bits per heavy atom. The van der Waals surface area contributed by atoms with E-state index in [2.05, 4.69) is 191 Å². The molecule has 0 fully saturated rings. The van der Waals surface area contributed by atoms with Crippen LogP contribution in [0.1, 0.15) is 0 Å². The molecule has 6 nitrogen and oxygen atoms in total. The van der Waals surface area contributed by atoms with Crippen molar-refractivity contribution in [3.63, 3.8) is 0 Å². The van der Waals surface area contributed by atoms with Crippen LogP contribution in [0.2, 0.25) is 0 Å². The van der Waals surface area contributed by atoms with E-state index in [1.54, 1.807) is 0 Å². The molecule has 0 radical (unpaired) electrons. The Morgan fingerprint density at radius 2 is 0.831 bits per heavy atom. The quantitative estimate of drug-likeness (QED) is 0.173. The molecule has 0 saturated heterocycles. The van der Waals surface area contributed by atoms with Crippen molar-refractivity contribution in [2.75, 3.05) is 0 Å². The summed E-state index contributed by atoms with van der Waals surface area (Å²) in [4.78, 5) is 15.5. The maximum Gasteiger partial charge on any atom is 0.164 e. The Morgan fingerprint density at radius 1 is 0.308 bits per heavy atom. The normalized spacial score (nSPS) is 12.0. The second-order valence-corrected chi connectivity index (χ2v) is 16.8. The van der Waals surface area contributed by atoms with Gasteiger partial charge in [-0.05, 0) is 71.4 Å². The molecule has 0 unspecified atom stereocenters. The molecule has 302 valence electrons. The monoisotopic (exact) mass is 829 g/mol. The number of aromatic nitrogens is 5. The van der Waals surface area contributed by atoms with Crippen LogP contribution in [0.15, 0.2) is 217 Å². The number of fused-ring (bicyclic) bond motifs is 12. The van der Waals surface area contributed by atoms with E-state index in [0.29, 0.717) is 17.5 Å². The fraction of sp³-hybridized carbons (Fsp3) is 0. The Hall–Kier alpha value is -8.87. The molecule has 14 rings (SSSR count). The Balaban J connectivity index is 0.966. The van der Waals surface area contributed by atoms with Gasteiger partial charge in [-0.2, -0.15) is 0 Å². The van der Waals surface area contributed by atoms with Crippen molar-refractivity contribution in [1.29, 1.82) is 0 Å². The van der Waals surface area contributed by atoms with E-state index in [1.807, 2.05) is 30.3 Å². The summed E-state index contributed by atoms with van der Waals surface area (Å²) in [5.74, 6) is 1.77. The molecule has 4 heterocycles. The zero-order valence-corrected chi connectivity index (χ0v) is 34.9. The summed E-state index contributed by atoms with van der Waals surface area (Å²) < 4.78 is 11.7. The van der Waals surface area contributed by atoms with Crippen LogP contribution < -0.4 is 0 Å². The number of rotatable bonds is 5. The number of hydrogen-bond acceptors (Lipinski definition) is 4. The lowest BCUT2D eigenvalue weighted by molar-refractivity contribution is 0.672. The Labute approximate surface area is 371 Å². The fourth-order valence-corrected chi connectivity index (χ4v) is 10.1. The third kappa shape index (κ3) is 5.44. The van der Waals surface area contributed by atoms with Crippen LogP contribution in [0.5, 0.6) is 0 Å². The molecule has 0 N–H and O–H groups in total. The van der Waals surface area contributed by atoms with Crippen LogP contribution in [0.4, 0.5) is 0 Å². The van der Waals surface area contributed by atoms with Gasteiger partial charge in [-0.15, -0.1) is 0 Å². The van der Waals surface area contributed by atoms with E-state index in [9.17, 15) is 0 Å². The minimum atomic E-state index is 0.572. The van der Waals surface area contributed by atoms with Crippen molar-refractivity contribution in [1.82, 2.24) is 24.1 Å². The molecular formula is C59H35N5O. The van der Waals surface area contributed by atoms with Crippen LogP contribution >= 0.6 is 0 Å². The van der Waals surface area contributed by atoms with Gasteiger partial charge in [0, 0.05) is 65.5 Å². The highest BCUT2D eigenvalue weighted by Crippen LogP contribution is 2.43. The number of nitrogens with zero attached hydrogens (tertiary/aromatic N) is 5. The lowest BCUT2D eigenvalue weighted by atomic mass is 10.0. The number of furan rings is 1. The molecule has 0 aliphatic carbocycles. The minimum Gasteiger partial charge on any atom is -0.455 e. The first-order valence-electron chi connectivity index (χ1n) is 21.9. The average molecular weight is 830 g/mol. The lowest BCUT2D eigenvalue weighted by Crippen LogP contribution is -2.00. The van der Waals surface area contributed by atoms with Crippen molar-refractivity contribution in [2.45, 2.75) is 0 Å². The van der Waals surface area contributed by atoms with Crippen LogP contribution in [0.3, 0.4) is 0 Å². The van der Waals surface area contributed by atoms with Gasteiger partial charge in [0.25, 0.3) is 0 Å². The fourth-order valence-electron chi connectivity index (χ4n) is 10.1. The predicted molar refractivity (Wildman–Crippen MR) is 267 cm³/mol. The molecule has 0 saturated carbocycles. The van der Waals surface area contributed by atoms with E-state index in [0.717, 1.165) is 77.3 Å². The molecule has 0 atom stereocenters. The van der Waals surface area contributed by atoms with Gasteiger partial charge in [0.1, 0.15) is 11.2 Å². The minimum absolute atomic E-state index is 0.572. The highest BCUT2D eigenvalue weighted by atomic mass is 16.3. The van der Waals surface area contributed by atoms with Crippen LogP contribution in [0.25, 0.3) is 133 Å². The van der Waals surface area contributed by atoms with Crippen molar-refractivity contribution in [3.05, 3.63) is 212 Å². The van der Waals surface area contributed by atoms with Gasteiger partial charge < -0.3 is 13.6 Å². The van der Waals surface area contributed by atoms with Crippen molar-refractivity contribution >= 4 is 87.1 Å². The summed E-state index contributed by atoms with van der Waals surface area (Å²) in [6.07, 6.45) is 0. The van der Waals surface area contributed by atoms with E-state index in [-0.39, 0.29) is 0 Å². The van der Waals surface area contributed by atoms with Crippen molar-refractivity contribution < 1.29 is 4.42 Å². The maximum atomic E-state index is 6.91. The molecule has 0 amide bonds. The lowest BCUT2D eigenvalue weighted by Gasteiger charge is -2.13. The summed E-state index contributed by atoms with van der Waals surface area (Å²) in [5, 5.41) is 11.5. The predicted octanol–water partition coefficient (Wildman–Crippen LogP) is 15.3. The number of para-hydroxylation sites is 3. The van der Waals surface area contributed by atoms with Crippen LogP contribution in [-0.4, -0.2) is 24.1 Å². The highest BCUT2D eigenvalue weighted by molar-refractivity contribution is 6.20. The molecular weight excluding hydrogens is 795 g/mol. The van der Waals surface area contributed by atoms with Crippen LogP contribution in [-0.2, 0) is 0 Å². The summed E-state index contributed by atoms with van der Waals surface area (Å²) in [6.45, 7) is 0.